The van der Waals surface area contributed by atoms with Gasteiger partial charge in [-0.1, -0.05) is 0 Å². The summed E-state index contributed by atoms with van der Waals surface area (Å²) in [4.78, 5) is 10.5. The maximum absolute atomic E-state index is 10.5. The van der Waals surface area contributed by atoms with Crippen LogP contribution in [0.2, 0.25) is 0 Å². The Morgan fingerprint density at radius 2 is 2.55 bits per heavy atom. The molecule has 11 heavy (non-hydrogen) atoms. The van der Waals surface area contributed by atoms with E-state index in [1.807, 2.05) is 0 Å². The number of carboxylic acid groups (broad SMARTS) is 1. The number of carboxylic acids is 1. The van der Waals surface area contributed by atoms with E-state index in [4.69, 9.17) is 9.52 Å². The quantitative estimate of drug-likeness (QED) is 0.754. The summed E-state index contributed by atoms with van der Waals surface area (Å²) in [5, 5.41) is 8.09. The minimum atomic E-state index is -0.868. The van der Waals surface area contributed by atoms with Gasteiger partial charge >= 0.3 is 5.97 Å². The van der Waals surface area contributed by atoms with Crippen molar-refractivity contribution in [1.82, 2.24) is 0 Å². The van der Waals surface area contributed by atoms with Crippen LogP contribution in [0.5, 0.6) is 0 Å². The molecule has 1 unspecified atom stereocenters. The summed E-state index contributed by atoms with van der Waals surface area (Å²) in [6.07, 6.45) is 3.21. The largest absolute Gasteiger partial charge is 0.480 e. The maximum atomic E-state index is 10.5. The van der Waals surface area contributed by atoms with E-state index >= 15 is 0 Å². The van der Waals surface area contributed by atoms with E-state index in [2.05, 4.69) is 0 Å². The van der Waals surface area contributed by atoms with E-state index in [0.29, 0.717) is 5.76 Å². The lowest BCUT2D eigenvalue weighted by molar-refractivity contribution is -0.136. The van der Waals surface area contributed by atoms with Crippen molar-refractivity contribution in [2.75, 3.05) is 6.26 Å². The Balaban J connectivity index is 2.79. The molecular weight excluding hydrogens is 164 g/mol. The molecular formula is C7H8O3S. The van der Waals surface area contributed by atoms with Crippen LogP contribution in [-0.2, 0) is 4.79 Å². The Kier molecular flexibility index (Phi) is 2.59. The molecule has 60 valence electrons. The topological polar surface area (TPSA) is 50.4 Å². The minimum Gasteiger partial charge on any atom is -0.480 e. The van der Waals surface area contributed by atoms with Gasteiger partial charge in [-0.05, 0) is 18.4 Å². The number of rotatable bonds is 3. The number of hydrogen-bond donors (Lipinski definition) is 1. The van der Waals surface area contributed by atoms with Crippen molar-refractivity contribution in [3.05, 3.63) is 24.2 Å². The molecule has 1 N–H and O–H groups in total. The molecule has 0 aliphatic heterocycles. The van der Waals surface area contributed by atoms with E-state index in [1.54, 1.807) is 18.4 Å². The van der Waals surface area contributed by atoms with Crippen molar-refractivity contribution >= 4 is 17.7 Å². The van der Waals surface area contributed by atoms with Gasteiger partial charge in [-0.15, -0.1) is 11.8 Å². The SMILES string of the molecule is CSC(C(=O)O)c1ccco1. The highest BCUT2D eigenvalue weighted by molar-refractivity contribution is 7.99. The summed E-state index contributed by atoms with van der Waals surface area (Å²) in [6, 6.07) is 3.34. The Morgan fingerprint density at radius 3 is 2.91 bits per heavy atom. The summed E-state index contributed by atoms with van der Waals surface area (Å²) in [7, 11) is 0. The van der Waals surface area contributed by atoms with E-state index in [0.717, 1.165) is 0 Å². The van der Waals surface area contributed by atoms with E-state index in [9.17, 15) is 4.79 Å². The number of hydrogen-bond acceptors (Lipinski definition) is 3. The molecule has 0 saturated carbocycles. The summed E-state index contributed by atoms with van der Waals surface area (Å²) in [6.45, 7) is 0. The molecule has 0 aromatic carbocycles. The Hall–Kier alpha value is -0.900. The molecule has 0 radical (unpaired) electrons. The third-order valence-electron chi connectivity index (χ3n) is 1.26. The second kappa shape index (κ2) is 3.48. The molecule has 1 heterocycles. The molecule has 0 amide bonds. The molecule has 0 spiro atoms. The minimum absolute atomic E-state index is 0.491. The lowest BCUT2D eigenvalue weighted by Gasteiger charge is -2.03. The van der Waals surface area contributed by atoms with Crippen molar-refractivity contribution in [3.63, 3.8) is 0 Å². The molecule has 0 bridgehead atoms. The Labute approximate surface area is 68.4 Å². The van der Waals surface area contributed by atoms with Crippen LogP contribution in [0.15, 0.2) is 22.8 Å². The monoisotopic (exact) mass is 172 g/mol. The number of carbonyl (C=O) groups is 1. The van der Waals surface area contributed by atoms with Gasteiger partial charge in [-0.25, -0.2) is 0 Å². The second-order valence-electron chi connectivity index (χ2n) is 1.97. The smallest absolute Gasteiger partial charge is 0.324 e. The first-order valence-corrected chi connectivity index (χ1v) is 4.33. The molecule has 3 nitrogen and oxygen atoms in total. The molecule has 0 fully saturated rings. The standard InChI is InChI=1S/C7H8O3S/c1-11-6(7(8)9)5-3-2-4-10-5/h2-4,6H,1H3,(H,8,9). The van der Waals surface area contributed by atoms with Gasteiger partial charge < -0.3 is 9.52 Å². The highest BCUT2D eigenvalue weighted by Gasteiger charge is 2.20. The number of aliphatic carboxylic acids is 1. The molecule has 1 aromatic rings. The average Bonchev–Trinajstić information content (AvgIpc) is 2.40. The van der Waals surface area contributed by atoms with Crippen molar-refractivity contribution in [2.24, 2.45) is 0 Å². The van der Waals surface area contributed by atoms with Crippen molar-refractivity contribution < 1.29 is 14.3 Å². The van der Waals surface area contributed by atoms with Crippen LogP contribution in [0.25, 0.3) is 0 Å². The maximum Gasteiger partial charge on any atom is 0.324 e. The van der Waals surface area contributed by atoms with Gasteiger partial charge in [0.25, 0.3) is 0 Å². The number of furan rings is 1. The predicted molar refractivity (Wildman–Crippen MR) is 42.6 cm³/mol. The van der Waals surface area contributed by atoms with E-state index in [-0.39, 0.29) is 0 Å². The van der Waals surface area contributed by atoms with Crippen LogP contribution in [-0.4, -0.2) is 17.3 Å². The third-order valence-corrected chi connectivity index (χ3v) is 2.17. The van der Waals surface area contributed by atoms with Crippen LogP contribution in [0.1, 0.15) is 11.0 Å². The van der Waals surface area contributed by atoms with Crippen molar-refractivity contribution in [1.29, 1.82) is 0 Å². The molecule has 1 atom stereocenters. The van der Waals surface area contributed by atoms with Crippen LogP contribution in [0, 0.1) is 0 Å². The van der Waals surface area contributed by atoms with Gasteiger partial charge in [0.15, 0.2) is 5.25 Å². The van der Waals surface area contributed by atoms with Crippen LogP contribution in [0.3, 0.4) is 0 Å². The zero-order chi connectivity index (χ0) is 8.27. The first kappa shape index (κ1) is 8.20. The van der Waals surface area contributed by atoms with Crippen LogP contribution in [0.4, 0.5) is 0 Å². The van der Waals surface area contributed by atoms with Crippen molar-refractivity contribution in [3.8, 4) is 0 Å². The Bertz CT molecular complexity index is 230. The van der Waals surface area contributed by atoms with Crippen LogP contribution < -0.4 is 0 Å². The molecule has 0 aliphatic carbocycles. The molecule has 1 rings (SSSR count). The van der Waals surface area contributed by atoms with E-state index < -0.39 is 11.2 Å². The van der Waals surface area contributed by atoms with Crippen molar-refractivity contribution in [2.45, 2.75) is 5.25 Å². The molecule has 4 heteroatoms. The second-order valence-corrected chi connectivity index (χ2v) is 2.91. The van der Waals surface area contributed by atoms with Gasteiger partial charge in [0.1, 0.15) is 5.76 Å². The molecule has 0 saturated heterocycles. The predicted octanol–water partition coefficient (Wildman–Crippen LogP) is 1.77. The summed E-state index contributed by atoms with van der Waals surface area (Å²) >= 11 is 1.24. The van der Waals surface area contributed by atoms with Gasteiger partial charge in [0.2, 0.25) is 0 Å². The van der Waals surface area contributed by atoms with Gasteiger partial charge in [-0.3, -0.25) is 4.79 Å². The first-order valence-electron chi connectivity index (χ1n) is 3.04. The van der Waals surface area contributed by atoms with Gasteiger partial charge in [0.05, 0.1) is 6.26 Å². The fraction of sp³-hybridized carbons (Fsp3) is 0.286. The average molecular weight is 172 g/mol. The molecule has 1 aromatic heterocycles. The highest BCUT2D eigenvalue weighted by Crippen LogP contribution is 2.26. The highest BCUT2D eigenvalue weighted by atomic mass is 32.2. The van der Waals surface area contributed by atoms with E-state index in [1.165, 1.54) is 18.0 Å². The summed E-state index contributed by atoms with van der Waals surface area (Å²) in [5.74, 6) is -0.377. The summed E-state index contributed by atoms with van der Waals surface area (Å²) in [5.41, 5.74) is 0. The third kappa shape index (κ3) is 1.77. The lowest BCUT2D eigenvalue weighted by atomic mass is 10.3. The lowest BCUT2D eigenvalue weighted by Crippen LogP contribution is -2.05. The van der Waals surface area contributed by atoms with Gasteiger partial charge in [-0.2, -0.15) is 0 Å². The zero-order valence-electron chi connectivity index (χ0n) is 5.98. The fourth-order valence-corrected chi connectivity index (χ4v) is 1.35. The number of thioether (sulfide) groups is 1. The normalized spacial score (nSPS) is 12.8. The first-order chi connectivity index (χ1) is 5.25. The van der Waals surface area contributed by atoms with Gasteiger partial charge in [0, 0.05) is 0 Å². The Morgan fingerprint density at radius 1 is 1.82 bits per heavy atom. The van der Waals surface area contributed by atoms with Crippen LogP contribution >= 0.6 is 11.8 Å². The zero-order valence-corrected chi connectivity index (χ0v) is 6.80. The molecule has 0 aliphatic rings. The summed E-state index contributed by atoms with van der Waals surface area (Å²) < 4.78 is 4.95. The fourth-order valence-electron chi connectivity index (χ4n) is 0.779.